The zero-order valence-corrected chi connectivity index (χ0v) is 16.9. The Balaban J connectivity index is 1.86. The molecule has 2 N–H and O–H groups in total. The minimum atomic E-state index is -0.815. The molecule has 0 spiro atoms. The zero-order valence-electron chi connectivity index (χ0n) is 16.2. The number of carboxylic acid groups (broad SMARTS) is 1. The van der Waals surface area contributed by atoms with Crippen LogP contribution in [0, 0.1) is 0 Å². The van der Waals surface area contributed by atoms with Crippen LogP contribution in [0.15, 0.2) is 24.3 Å². The highest BCUT2D eigenvalue weighted by Crippen LogP contribution is 2.17. The summed E-state index contributed by atoms with van der Waals surface area (Å²) in [5, 5.41) is 12.8. The number of likely N-dealkylation sites (tertiary alicyclic amines) is 1. The Morgan fingerprint density at radius 2 is 2.00 bits per heavy atom. The van der Waals surface area contributed by atoms with Crippen molar-refractivity contribution in [3.05, 3.63) is 34.9 Å². The van der Waals surface area contributed by atoms with Crippen molar-refractivity contribution in [2.45, 2.75) is 51.1 Å². The fourth-order valence-corrected chi connectivity index (χ4v) is 3.66. The third-order valence-corrected chi connectivity index (χ3v) is 5.46. The lowest BCUT2D eigenvalue weighted by molar-refractivity contribution is -0.138. The minimum Gasteiger partial charge on any atom is -0.480 e. The lowest BCUT2D eigenvalue weighted by Gasteiger charge is -2.27. The van der Waals surface area contributed by atoms with Crippen LogP contribution in [0.25, 0.3) is 0 Å². The van der Waals surface area contributed by atoms with Gasteiger partial charge in [0.15, 0.2) is 0 Å². The molecule has 1 aromatic rings. The third kappa shape index (κ3) is 7.03. The first-order chi connectivity index (χ1) is 12.9. The average Bonchev–Trinajstić information content (AvgIpc) is 2.88. The number of rotatable bonds is 7. The summed E-state index contributed by atoms with van der Waals surface area (Å²) in [6, 6.07) is 7.97. The molecule has 2 unspecified atom stereocenters. The highest BCUT2D eigenvalue weighted by atomic mass is 35.5. The van der Waals surface area contributed by atoms with Crippen molar-refractivity contribution in [3.8, 4) is 0 Å². The zero-order chi connectivity index (χ0) is 19.8. The number of carboxylic acids is 1. The maximum absolute atomic E-state index is 12.7. The molecule has 0 saturated carbocycles. The molecule has 1 aromatic carbocycles. The van der Waals surface area contributed by atoms with Crippen LogP contribution in [-0.2, 0) is 11.2 Å². The quantitative estimate of drug-likeness (QED) is 0.743. The van der Waals surface area contributed by atoms with Crippen molar-refractivity contribution in [3.63, 3.8) is 0 Å². The highest BCUT2D eigenvalue weighted by Gasteiger charge is 2.25. The molecular weight excluding hydrogens is 366 g/mol. The van der Waals surface area contributed by atoms with Crippen LogP contribution in [0.2, 0.25) is 5.02 Å². The number of halogens is 1. The standard InChI is InChI=1S/C20H30ClN3O3/c1-3-17(13-15-6-8-16(21)9-7-15)22-20(27)24-11-4-5-18(10-12-24)23(2)14-19(25)26/h6-9,17-18H,3-5,10-14H2,1-2H3,(H,22,27)(H,25,26). The van der Waals surface area contributed by atoms with Crippen molar-refractivity contribution in [2.24, 2.45) is 0 Å². The Hall–Kier alpha value is -1.79. The number of likely N-dealkylation sites (N-methyl/N-ethyl adjacent to an activating group) is 1. The summed E-state index contributed by atoms with van der Waals surface area (Å²) >= 11 is 5.93. The van der Waals surface area contributed by atoms with Crippen LogP contribution in [0.4, 0.5) is 4.79 Å². The number of nitrogens with zero attached hydrogens (tertiary/aromatic N) is 2. The van der Waals surface area contributed by atoms with E-state index in [4.69, 9.17) is 16.7 Å². The molecule has 0 aliphatic carbocycles. The van der Waals surface area contributed by atoms with Gasteiger partial charge in [0.25, 0.3) is 0 Å². The second-order valence-electron chi connectivity index (χ2n) is 7.27. The van der Waals surface area contributed by atoms with Gasteiger partial charge < -0.3 is 15.3 Å². The molecule has 2 amide bonds. The summed E-state index contributed by atoms with van der Waals surface area (Å²) < 4.78 is 0. The first kappa shape index (κ1) is 21.5. The minimum absolute atomic E-state index is 0.0302. The number of benzene rings is 1. The number of hydrogen-bond donors (Lipinski definition) is 2. The fourth-order valence-electron chi connectivity index (χ4n) is 3.53. The third-order valence-electron chi connectivity index (χ3n) is 5.21. The SMILES string of the molecule is CCC(Cc1ccc(Cl)cc1)NC(=O)N1CCCC(N(C)CC(=O)O)CC1. The predicted octanol–water partition coefficient (Wildman–Crippen LogP) is 3.24. The molecule has 2 atom stereocenters. The van der Waals surface area contributed by atoms with E-state index in [0.717, 1.165) is 37.7 Å². The summed E-state index contributed by atoms with van der Waals surface area (Å²) in [6.07, 6.45) is 4.22. The van der Waals surface area contributed by atoms with E-state index in [9.17, 15) is 9.59 Å². The number of amides is 2. The van der Waals surface area contributed by atoms with Crippen molar-refractivity contribution in [2.75, 3.05) is 26.7 Å². The molecule has 0 bridgehead atoms. The molecular formula is C20H30ClN3O3. The molecule has 1 heterocycles. The molecule has 1 aliphatic rings. The first-order valence-electron chi connectivity index (χ1n) is 9.61. The maximum Gasteiger partial charge on any atom is 0.317 e. The first-order valence-corrected chi connectivity index (χ1v) is 9.98. The van der Waals surface area contributed by atoms with Gasteiger partial charge in [-0.3, -0.25) is 9.69 Å². The maximum atomic E-state index is 12.7. The normalized spacial score (nSPS) is 18.8. The van der Waals surface area contributed by atoms with Crippen LogP contribution in [0.1, 0.15) is 38.2 Å². The van der Waals surface area contributed by atoms with Crippen molar-refractivity contribution < 1.29 is 14.7 Å². The number of carbonyl (C=O) groups excluding carboxylic acids is 1. The number of nitrogens with one attached hydrogen (secondary N) is 1. The summed E-state index contributed by atoms with van der Waals surface area (Å²) in [5.41, 5.74) is 1.15. The number of carbonyl (C=O) groups is 2. The van der Waals surface area contributed by atoms with Crippen LogP contribution in [0.3, 0.4) is 0 Å². The summed E-state index contributed by atoms with van der Waals surface area (Å²) in [4.78, 5) is 27.3. The van der Waals surface area contributed by atoms with E-state index in [1.165, 1.54) is 0 Å². The number of hydrogen-bond acceptors (Lipinski definition) is 3. The van der Waals surface area contributed by atoms with Crippen LogP contribution in [-0.4, -0.2) is 65.7 Å². The van der Waals surface area contributed by atoms with Gasteiger partial charge >= 0.3 is 12.0 Å². The molecule has 2 rings (SSSR count). The molecule has 27 heavy (non-hydrogen) atoms. The second-order valence-corrected chi connectivity index (χ2v) is 7.70. The van der Waals surface area contributed by atoms with Crippen molar-refractivity contribution in [1.29, 1.82) is 0 Å². The van der Waals surface area contributed by atoms with Crippen LogP contribution < -0.4 is 5.32 Å². The Kier molecular flexibility index (Phi) is 8.38. The van der Waals surface area contributed by atoms with Crippen LogP contribution in [0.5, 0.6) is 0 Å². The van der Waals surface area contributed by atoms with Gasteiger partial charge in [-0.1, -0.05) is 30.7 Å². The topological polar surface area (TPSA) is 72.9 Å². The molecule has 7 heteroatoms. The van der Waals surface area contributed by atoms with Crippen molar-refractivity contribution in [1.82, 2.24) is 15.1 Å². The van der Waals surface area contributed by atoms with Gasteiger partial charge in [-0.15, -0.1) is 0 Å². The highest BCUT2D eigenvalue weighted by molar-refractivity contribution is 6.30. The van der Waals surface area contributed by atoms with E-state index in [1.807, 2.05) is 41.1 Å². The van der Waals surface area contributed by atoms with Gasteiger partial charge in [0, 0.05) is 30.2 Å². The average molecular weight is 396 g/mol. The van der Waals surface area contributed by atoms with Gasteiger partial charge in [-0.2, -0.15) is 0 Å². The number of urea groups is 1. The molecule has 0 aromatic heterocycles. The number of aliphatic carboxylic acids is 1. The Labute approximate surface area is 166 Å². The molecule has 1 fully saturated rings. The van der Waals surface area contributed by atoms with E-state index in [0.29, 0.717) is 18.1 Å². The predicted molar refractivity (Wildman–Crippen MR) is 107 cm³/mol. The Morgan fingerprint density at radius 3 is 2.63 bits per heavy atom. The Bertz CT molecular complexity index is 623. The molecule has 6 nitrogen and oxygen atoms in total. The van der Waals surface area contributed by atoms with Gasteiger partial charge in [0.2, 0.25) is 0 Å². The van der Waals surface area contributed by atoms with Gasteiger partial charge in [-0.25, -0.2) is 4.79 Å². The molecule has 150 valence electrons. The monoisotopic (exact) mass is 395 g/mol. The summed E-state index contributed by atoms with van der Waals surface area (Å²) in [5.74, 6) is -0.815. The van der Waals surface area contributed by atoms with E-state index in [-0.39, 0.29) is 24.7 Å². The van der Waals surface area contributed by atoms with E-state index < -0.39 is 5.97 Å². The van der Waals surface area contributed by atoms with Crippen molar-refractivity contribution >= 4 is 23.6 Å². The van der Waals surface area contributed by atoms with Gasteiger partial charge in [0.05, 0.1) is 6.54 Å². The van der Waals surface area contributed by atoms with Gasteiger partial charge in [0.1, 0.15) is 0 Å². The molecule has 1 saturated heterocycles. The van der Waals surface area contributed by atoms with E-state index in [1.54, 1.807) is 0 Å². The Morgan fingerprint density at radius 1 is 1.30 bits per heavy atom. The van der Waals surface area contributed by atoms with Crippen LogP contribution >= 0.6 is 11.6 Å². The van der Waals surface area contributed by atoms with E-state index in [2.05, 4.69) is 12.2 Å². The smallest absolute Gasteiger partial charge is 0.317 e. The van der Waals surface area contributed by atoms with E-state index >= 15 is 0 Å². The molecule has 1 aliphatic heterocycles. The summed E-state index contributed by atoms with van der Waals surface area (Å²) in [7, 11) is 1.84. The summed E-state index contributed by atoms with van der Waals surface area (Å²) in [6.45, 7) is 3.47. The largest absolute Gasteiger partial charge is 0.480 e. The lowest BCUT2D eigenvalue weighted by Crippen LogP contribution is -2.46. The second kappa shape index (κ2) is 10.5. The lowest BCUT2D eigenvalue weighted by atomic mass is 10.0. The molecule has 0 radical (unpaired) electrons. The fraction of sp³-hybridized carbons (Fsp3) is 0.600. The van der Waals surface area contributed by atoms with Gasteiger partial charge in [-0.05, 0) is 56.8 Å².